The van der Waals surface area contributed by atoms with Crippen molar-refractivity contribution in [2.45, 2.75) is 6.54 Å². The largest absolute Gasteiger partial charge is 0.497 e. The van der Waals surface area contributed by atoms with Crippen molar-refractivity contribution in [3.05, 3.63) is 60.6 Å². The number of benzene rings is 1. The molecule has 5 rings (SSSR count). The number of anilines is 2. The van der Waals surface area contributed by atoms with Crippen LogP contribution in [0.5, 0.6) is 23.3 Å². The molecule has 1 aromatic carbocycles. The molecule has 0 atom stereocenters. The van der Waals surface area contributed by atoms with Crippen molar-refractivity contribution in [1.29, 1.82) is 0 Å². The molecule has 0 radical (unpaired) electrons. The standard InChI is InChI=1S/C26H25FN8O4/c1-34-13-15(11-29-34)18-12-28-17-6-7-22(33-26(17)30-18)35(14-21-31-23(38-4)10-24(32-21)39-5)19-8-16(36-2)9-20(37-3)25(19)27/h6-13H,14H2,1-5H3. The van der Waals surface area contributed by atoms with E-state index in [0.29, 0.717) is 46.0 Å². The fraction of sp³-hybridized carbons (Fsp3) is 0.231. The number of hydrogen-bond acceptors (Lipinski definition) is 11. The number of pyridine rings is 1. The van der Waals surface area contributed by atoms with Crippen molar-refractivity contribution in [1.82, 2.24) is 34.7 Å². The van der Waals surface area contributed by atoms with E-state index in [2.05, 4.69) is 25.0 Å². The van der Waals surface area contributed by atoms with E-state index in [1.165, 1.54) is 34.5 Å². The van der Waals surface area contributed by atoms with E-state index in [-0.39, 0.29) is 18.0 Å². The minimum atomic E-state index is -0.620. The van der Waals surface area contributed by atoms with Crippen LogP contribution in [0.4, 0.5) is 15.9 Å². The smallest absolute Gasteiger partial charge is 0.220 e. The van der Waals surface area contributed by atoms with Crippen LogP contribution in [0.15, 0.2) is 48.9 Å². The fourth-order valence-electron chi connectivity index (χ4n) is 3.91. The predicted octanol–water partition coefficient (Wildman–Crippen LogP) is 3.73. The van der Waals surface area contributed by atoms with Crippen molar-refractivity contribution in [2.75, 3.05) is 33.3 Å². The molecule has 5 aromatic rings. The summed E-state index contributed by atoms with van der Waals surface area (Å²) in [5.74, 6) is 1.00. The highest BCUT2D eigenvalue weighted by atomic mass is 19.1. The van der Waals surface area contributed by atoms with Crippen LogP contribution in [-0.2, 0) is 13.6 Å². The van der Waals surface area contributed by atoms with E-state index in [0.717, 1.165) is 5.56 Å². The Kier molecular flexibility index (Phi) is 7.04. The van der Waals surface area contributed by atoms with Gasteiger partial charge in [-0.05, 0) is 12.1 Å². The molecule has 0 fully saturated rings. The van der Waals surface area contributed by atoms with Gasteiger partial charge in [0.1, 0.15) is 17.1 Å². The van der Waals surface area contributed by atoms with Crippen LogP contribution in [0.2, 0.25) is 0 Å². The van der Waals surface area contributed by atoms with E-state index in [9.17, 15) is 0 Å². The van der Waals surface area contributed by atoms with Crippen molar-refractivity contribution < 1.29 is 23.3 Å². The molecular weight excluding hydrogens is 507 g/mol. The molecule has 0 spiro atoms. The normalized spacial score (nSPS) is 10.9. The summed E-state index contributed by atoms with van der Waals surface area (Å²) >= 11 is 0. The summed E-state index contributed by atoms with van der Waals surface area (Å²) in [7, 11) is 7.66. The van der Waals surface area contributed by atoms with Gasteiger partial charge in [0.15, 0.2) is 23.0 Å². The van der Waals surface area contributed by atoms with Gasteiger partial charge in [-0.3, -0.25) is 9.67 Å². The first-order valence-corrected chi connectivity index (χ1v) is 11.7. The Morgan fingerprint density at radius 3 is 2.28 bits per heavy atom. The molecular formula is C26H25FN8O4. The predicted molar refractivity (Wildman–Crippen MR) is 140 cm³/mol. The van der Waals surface area contributed by atoms with Gasteiger partial charge in [0.2, 0.25) is 11.8 Å². The van der Waals surface area contributed by atoms with Gasteiger partial charge in [0.25, 0.3) is 0 Å². The van der Waals surface area contributed by atoms with E-state index in [4.69, 9.17) is 23.9 Å². The van der Waals surface area contributed by atoms with Gasteiger partial charge in [0.05, 0.1) is 64.8 Å². The Balaban J connectivity index is 1.67. The average Bonchev–Trinajstić information content (AvgIpc) is 3.41. The van der Waals surface area contributed by atoms with Crippen LogP contribution in [0.25, 0.3) is 22.4 Å². The van der Waals surface area contributed by atoms with Crippen molar-refractivity contribution >= 4 is 22.7 Å². The lowest BCUT2D eigenvalue weighted by molar-refractivity contribution is 0.367. The quantitative estimate of drug-likeness (QED) is 0.276. The minimum absolute atomic E-state index is 0.00191. The number of halogens is 1. The summed E-state index contributed by atoms with van der Waals surface area (Å²) in [5.41, 5.74) is 2.44. The molecule has 0 aliphatic rings. The highest BCUT2D eigenvalue weighted by Crippen LogP contribution is 2.37. The summed E-state index contributed by atoms with van der Waals surface area (Å²) in [6, 6.07) is 8.02. The highest BCUT2D eigenvalue weighted by molar-refractivity contribution is 5.77. The van der Waals surface area contributed by atoms with Gasteiger partial charge < -0.3 is 23.8 Å². The van der Waals surface area contributed by atoms with Crippen LogP contribution in [0, 0.1) is 5.82 Å². The van der Waals surface area contributed by atoms with Crippen LogP contribution < -0.4 is 23.8 Å². The molecule has 0 aliphatic carbocycles. The zero-order valence-corrected chi connectivity index (χ0v) is 21.9. The summed E-state index contributed by atoms with van der Waals surface area (Å²) in [4.78, 5) is 24.3. The first kappa shape index (κ1) is 25.6. The number of hydrogen-bond donors (Lipinski definition) is 0. The first-order valence-electron chi connectivity index (χ1n) is 11.7. The topological polar surface area (TPSA) is 122 Å². The summed E-state index contributed by atoms with van der Waals surface area (Å²) in [5, 5.41) is 4.20. The first-order chi connectivity index (χ1) is 18.9. The Bertz CT molecular complexity index is 1620. The van der Waals surface area contributed by atoms with E-state index >= 15 is 4.39 Å². The number of aromatic nitrogens is 7. The van der Waals surface area contributed by atoms with Crippen LogP contribution in [0.3, 0.4) is 0 Å². The number of nitrogens with zero attached hydrogens (tertiary/aromatic N) is 8. The van der Waals surface area contributed by atoms with Crippen molar-refractivity contribution in [3.63, 3.8) is 0 Å². The van der Waals surface area contributed by atoms with Crippen LogP contribution in [-0.4, -0.2) is 63.1 Å². The number of aryl methyl sites for hydroxylation is 1. The lowest BCUT2D eigenvalue weighted by atomic mass is 10.2. The molecule has 0 saturated heterocycles. The molecule has 4 aromatic heterocycles. The number of methoxy groups -OCH3 is 4. The van der Waals surface area contributed by atoms with Gasteiger partial charge in [-0.15, -0.1) is 0 Å². The molecule has 39 heavy (non-hydrogen) atoms. The molecule has 4 heterocycles. The minimum Gasteiger partial charge on any atom is -0.497 e. The molecule has 0 aliphatic heterocycles. The summed E-state index contributed by atoms with van der Waals surface area (Å²) in [6.45, 7) is -0.00493. The number of rotatable bonds is 9. The zero-order chi connectivity index (χ0) is 27.5. The van der Waals surface area contributed by atoms with E-state index < -0.39 is 5.82 Å². The lowest BCUT2D eigenvalue weighted by Gasteiger charge is -2.25. The Morgan fingerprint density at radius 2 is 1.64 bits per heavy atom. The highest BCUT2D eigenvalue weighted by Gasteiger charge is 2.23. The fourth-order valence-corrected chi connectivity index (χ4v) is 3.91. The van der Waals surface area contributed by atoms with Crippen LogP contribution in [0.1, 0.15) is 5.82 Å². The van der Waals surface area contributed by atoms with Gasteiger partial charge in [-0.2, -0.15) is 15.1 Å². The summed E-state index contributed by atoms with van der Waals surface area (Å²) in [6.07, 6.45) is 5.18. The third-order valence-corrected chi connectivity index (χ3v) is 5.85. The molecule has 0 saturated carbocycles. The third kappa shape index (κ3) is 5.19. The van der Waals surface area contributed by atoms with E-state index in [1.54, 1.807) is 46.2 Å². The maximum atomic E-state index is 15.7. The second-order valence-electron chi connectivity index (χ2n) is 8.29. The summed E-state index contributed by atoms with van der Waals surface area (Å²) < 4.78 is 38.7. The number of ether oxygens (including phenoxy) is 4. The van der Waals surface area contributed by atoms with Gasteiger partial charge in [-0.25, -0.2) is 14.4 Å². The van der Waals surface area contributed by atoms with Gasteiger partial charge >= 0.3 is 0 Å². The van der Waals surface area contributed by atoms with Crippen LogP contribution >= 0.6 is 0 Å². The molecule has 0 N–H and O–H groups in total. The molecule has 13 heteroatoms. The second kappa shape index (κ2) is 10.7. The van der Waals surface area contributed by atoms with Gasteiger partial charge in [0, 0.05) is 30.9 Å². The van der Waals surface area contributed by atoms with Crippen molar-refractivity contribution in [2.24, 2.45) is 7.05 Å². The SMILES string of the molecule is COc1cc(OC)c(F)c(N(Cc2nc(OC)cc(OC)n2)c2ccc3ncc(-c4cnn(C)c4)nc3n2)c1. The maximum Gasteiger partial charge on any atom is 0.220 e. The maximum absolute atomic E-state index is 15.7. The molecule has 0 amide bonds. The monoisotopic (exact) mass is 532 g/mol. The Labute approximate surface area is 223 Å². The van der Waals surface area contributed by atoms with Crippen molar-refractivity contribution in [3.8, 4) is 34.5 Å². The molecule has 200 valence electrons. The molecule has 12 nitrogen and oxygen atoms in total. The second-order valence-corrected chi connectivity index (χ2v) is 8.29. The number of fused-ring (bicyclic) bond motifs is 1. The Morgan fingerprint density at radius 1 is 0.872 bits per heavy atom. The molecule has 0 unspecified atom stereocenters. The Hall–Kier alpha value is -5.07. The zero-order valence-electron chi connectivity index (χ0n) is 21.9. The third-order valence-electron chi connectivity index (χ3n) is 5.85. The van der Waals surface area contributed by atoms with E-state index in [1.807, 2.05) is 13.2 Å². The molecule has 0 bridgehead atoms. The lowest BCUT2D eigenvalue weighted by Crippen LogP contribution is -2.21. The van der Waals surface area contributed by atoms with Gasteiger partial charge in [-0.1, -0.05) is 0 Å². The average molecular weight is 533 g/mol.